The molecule has 0 bridgehead atoms. The van der Waals surface area contributed by atoms with Crippen LogP contribution in [-0.2, 0) is 11.3 Å². The van der Waals surface area contributed by atoms with E-state index in [0.717, 1.165) is 19.3 Å². The van der Waals surface area contributed by atoms with Gasteiger partial charge in [-0.3, -0.25) is 4.21 Å². The van der Waals surface area contributed by atoms with Gasteiger partial charge < -0.3 is 9.29 Å². The van der Waals surface area contributed by atoms with Crippen LogP contribution in [-0.4, -0.2) is 21.9 Å². The van der Waals surface area contributed by atoms with Crippen LogP contribution in [0.5, 0.6) is 5.75 Å². The molecule has 1 saturated carbocycles. The Morgan fingerprint density at radius 1 is 1.24 bits per heavy atom. The van der Waals surface area contributed by atoms with Gasteiger partial charge in [-0.05, 0) is 48.9 Å². The Kier molecular flexibility index (Phi) is 6.60. The van der Waals surface area contributed by atoms with Crippen molar-refractivity contribution in [2.24, 2.45) is 11.8 Å². The normalized spacial score (nSPS) is 23.7. The summed E-state index contributed by atoms with van der Waals surface area (Å²) >= 11 is -2.18. The molecule has 0 aromatic heterocycles. The predicted molar refractivity (Wildman–Crippen MR) is 78.9 cm³/mol. The molecule has 0 heterocycles. The van der Waals surface area contributed by atoms with E-state index in [-0.39, 0.29) is 5.82 Å². The van der Waals surface area contributed by atoms with E-state index < -0.39 is 11.3 Å². The van der Waals surface area contributed by atoms with Crippen LogP contribution in [0.15, 0.2) is 24.3 Å². The molecule has 2 rings (SSSR count). The van der Waals surface area contributed by atoms with Crippen molar-refractivity contribution in [2.75, 3.05) is 13.2 Å². The third-order valence-corrected chi connectivity index (χ3v) is 4.52. The van der Waals surface area contributed by atoms with Crippen LogP contribution in [0.2, 0.25) is 0 Å². The highest BCUT2D eigenvalue weighted by Crippen LogP contribution is 2.32. The zero-order valence-corrected chi connectivity index (χ0v) is 12.7. The van der Waals surface area contributed by atoms with Gasteiger partial charge in [0.1, 0.15) is 11.6 Å². The highest BCUT2D eigenvalue weighted by atomic mass is 32.2. The van der Waals surface area contributed by atoms with Gasteiger partial charge in [0.05, 0.1) is 6.61 Å². The molecule has 0 radical (unpaired) electrons. The molecule has 4 nitrogen and oxygen atoms in total. The first-order valence-electron chi connectivity index (χ1n) is 7.36. The predicted octanol–water partition coefficient (Wildman–Crippen LogP) is 2.78. The first-order chi connectivity index (χ1) is 10.1. The first-order valence-corrected chi connectivity index (χ1v) is 8.44. The van der Waals surface area contributed by atoms with E-state index in [1.54, 1.807) is 12.1 Å². The molecule has 1 N–H and O–H groups in total. The van der Waals surface area contributed by atoms with Crippen LogP contribution in [0.1, 0.15) is 32.1 Å². The Hall–Kier alpha value is -0.980. The summed E-state index contributed by atoms with van der Waals surface area (Å²) in [5.41, 5.74) is 0. The van der Waals surface area contributed by atoms with Gasteiger partial charge in [-0.1, -0.05) is 19.3 Å². The van der Waals surface area contributed by atoms with Crippen LogP contribution in [0.3, 0.4) is 0 Å². The molecule has 1 aliphatic rings. The maximum Gasteiger partial charge on any atom is 0.123 e. The summed E-state index contributed by atoms with van der Waals surface area (Å²) in [5.74, 6) is 1.33. The van der Waals surface area contributed by atoms with E-state index in [2.05, 4.69) is 4.72 Å². The van der Waals surface area contributed by atoms with E-state index in [4.69, 9.17) is 4.74 Å². The molecule has 118 valence electrons. The third-order valence-electron chi connectivity index (χ3n) is 4.08. The van der Waals surface area contributed by atoms with Crippen molar-refractivity contribution in [3.8, 4) is 5.75 Å². The van der Waals surface area contributed by atoms with Gasteiger partial charge in [-0.25, -0.2) is 9.11 Å². The molecular weight excluding hydrogens is 293 g/mol. The summed E-state index contributed by atoms with van der Waals surface area (Å²) in [6.07, 6.45) is 5.44. The minimum atomic E-state index is -2.18. The topological polar surface area (TPSA) is 61.4 Å². The molecular formula is C15H21FNO3S-. The molecule has 0 amide bonds. The Labute approximate surface area is 127 Å². The smallest absolute Gasteiger partial charge is 0.123 e. The van der Waals surface area contributed by atoms with E-state index >= 15 is 0 Å². The molecule has 0 aliphatic heterocycles. The molecule has 3 unspecified atom stereocenters. The van der Waals surface area contributed by atoms with Gasteiger partial charge >= 0.3 is 0 Å². The zero-order chi connectivity index (χ0) is 15.1. The molecule has 1 fully saturated rings. The fraction of sp³-hybridized carbons (Fsp3) is 0.600. The number of rotatable bonds is 7. The number of nitrogens with one attached hydrogen (secondary N) is 1. The largest absolute Gasteiger partial charge is 0.760 e. The lowest BCUT2D eigenvalue weighted by molar-refractivity contribution is 0.143. The van der Waals surface area contributed by atoms with E-state index in [1.807, 2.05) is 0 Å². The SMILES string of the molecule is O=S([O-])NCCC1CCCCC1COc1ccc(F)cc1. The molecule has 1 aromatic carbocycles. The summed E-state index contributed by atoms with van der Waals surface area (Å²) < 4.78 is 42.0. The Morgan fingerprint density at radius 2 is 1.90 bits per heavy atom. The molecule has 1 aliphatic carbocycles. The Balaban J connectivity index is 1.80. The minimum absolute atomic E-state index is 0.269. The van der Waals surface area contributed by atoms with E-state index in [0.29, 0.717) is 30.7 Å². The second-order valence-corrected chi connectivity index (χ2v) is 6.25. The van der Waals surface area contributed by atoms with Crippen molar-refractivity contribution in [3.63, 3.8) is 0 Å². The van der Waals surface area contributed by atoms with Gasteiger partial charge in [0.2, 0.25) is 0 Å². The number of benzene rings is 1. The summed E-state index contributed by atoms with van der Waals surface area (Å²) in [4.78, 5) is 0. The lowest BCUT2D eigenvalue weighted by Crippen LogP contribution is -2.29. The van der Waals surface area contributed by atoms with Gasteiger partial charge in [0, 0.05) is 17.8 Å². The van der Waals surface area contributed by atoms with Crippen molar-refractivity contribution in [2.45, 2.75) is 32.1 Å². The first kappa shape index (κ1) is 16.4. The molecule has 0 spiro atoms. The molecule has 21 heavy (non-hydrogen) atoms. The van der Waals surface area contributed by atoms with Gasteiger partial charge in [-0.2, -0.15) is 0 Å². The summed E-state index contributed by atoms with van der Waals surface area (Å²) in [7, 11) is 0. The summed E-state index contributed by atoms with van der Waals surface area (Å²) in [6.45, 7) is 1.09. The number of halogens is 1. The maximum atomic E-state index is 12.8. The molecule has 1 aromatic rings. The van der Waals surface area contributed by atoms with Crippen LogP contribution in [0.25, 0.3) is 0 Å². The highest BCUT2D eigenvalue weighted by molar-refractivity contribution is 7.77. The van der Waals surface area contributed by atoms with Crippen LogP contribution in [0.4, 0.5) is 4.39 Å². The van der Waals surface area contributed by atoms with Crippen molar-refractivity contribution in [1.29, 1.82) is 0 Å². The monoisotopic (exact) mass is 314 g/mol. The summed E-state index contributed by atoms with van der Waals surface area (Å²) in [6, 6.07) is 6.05. The second kappa shape index (κ2) is 8.46. The van der Waals surface area contributed by atoms with Crippen molar-refractivity contribution in [3.05, 3.63) is 30.1 Å². The average molecular weight is 314 g/mol. The van der Waals surface area contributed by atoms with Crippen LogP contribution in [0, 0.1) is 17.7 Å². The number of hydrogen-bond donors (Lipinski definition) is 1. The second-order valence-electron chi connectivity index (χ2n) is 5.49. The lowest BCUT2D eigenvalue weighted by atomic mass is 9.78. The maximum absolute atomic E-state index is 12.8. The number of ether oxygens (including phenoxy) is 1. The van der Waals surface area contributed by atoms with Crippen molar-refractivity contribution < 1.29 is 17.9 Å². The van der Waals surface area contributed by atoms with Crippen LogP contribution < -0.4 is 9.46 Å². The Morgan fingerprint density at radius 3 is 2.57 bits per heavy atom. The van der Waals surface area contributed by atoms with Gasteiger partial charge in [0.25, 0.3) is 0 Å². The fourth-order valence-electron chi connectivity index (χ4n) is 2.95. The van der Waals surface area contributed by atoms with Crippen molar-refractivity contribution >= 4 is 11.3 Å². The fourth-order valence-corrected chi connectivity index (χ4v) is 3.23. The standard InChI is InChI=1S/C15H22FNO3S/c16-14-5-7-15(8-6-14)20-11-13-4-2-1-3-12(13)9-10-17-21(18)19/h5-8,12-13,17H,1-4,9-11H2,(H,18,19)/p-1. The molecule has 3 atom stereocenters. The van der Waals surface area contributed by atoms with E-state index in [9.17, 15) is 13.2 Å². The molecule has 0 saturated heterocycles. The lowest BCUT2D eigenvalue weighted by Gasteiger charge is -2.31. The number of hydrogen-bond acceptors (Lipinski definition) is 3. The molecule has 6 heteroatoms. The highest BCUT2D eigenvalue weighted by Gasteiger charge is 2.25. The van der Waals surface area contributed by atoms with Gasteiger partial charge in [-0.15, -0.1) is 0 Å². The average Bonchev–Trinajstić information content (AvgIpc) is 2.47. The Bertz CT molecular complexity index is 455. The summed E-state index contributed by atoms with van der Waals surface area (Å²) in [5, 5.41) is 0. The van der Waals surface area contributed by atoms with E-state index in [1.165, 1.54) is 25.0 Å². The third kappa shape index (κ3) is 5.73. The zero-order valence-electron chi connectivity index (χ0n) is 11.9. The quantitative estimate of drug-likeness (QED) is 0.787. The van der Waals surface area contributed by atoms with Crippen molar-refractivity contribution in [1.82, 2.24) is 4.72 Å². The minimum Gasteiger partial charge on any atom is -0.760 e. The van der Waals surface area contributed by atoms with Crippen LogP contribution >= 0.6 is 0 Å². The van der Waals surface area contributed by atoms with Gasteiger partial charge in [0.15, 0.2) is 0 Å².